The summed E-state index contributed by atoms with van der Waals surface area (Å²) in [5.74, 6) is 0.866. The fourth-order valence-corrected chi connectivity index (χ4v) is 6.21. The highest BCUT2D eigenvalue weighted by Gasteiger charge is 2.28. The third-order valence-electron chi connectivity index (χ3n) is 7.79. The van der Waals surface area contributed by atoms with E-state index in [4.69, 9.17) is 16.1 Å². The summed E-state index contributed by atoms with van der Waals surface area (Å²) in [6.07, 6.45) is 6.89. The summed E-state index contributed by atoms with van der Waals surface area (Å²) in [6.45, 7) is 2.38. The van der Waals surface area contributed by atoms with Gasteiger partial charge in [-0.3, -0.25) is 9.59 Å². The molecule has 0 unspecified atom stereocenters. The maximum atomic E-state index is 13.6. The van der Waals surface area contributed by atoms with Gasteiger partial charge in [-0.25, -0.2) is 0 Å². The van der Waals surface area contributed by atoms with Crippen LogP contribution in [0.1, 0.15) is 49.5 Å². The number of nitrogens with one attached hydrogen (secondary N) is 2. The van der Waals surface area contributed by atoms with Gasteiger partial charge in [0, 0.05) is 41.5 Å². The third-order valence-corrected chi connectivity index (χ3v) is 8.10. The summed E-state index contributed by atoms with van der Waals surface area (Å²) < 4.78 is 7.28. The second kappa shape index (κ2) is 9.71. The molecule has 1 saturated carbocycles. The number of benzene rings is 2. The van der Waals surface area contributed by atoms with Gasteiger partial charge in [0.15, 0.2) is 0 Å². The van der Waals surface area contributed by atoms with E-state index in [-0.39, 0.29) is 17.5 Å². The Bertz CT molecular complexity index is 1680. The van der Waals surface area contributed by atoms with Gasteiger partial charge in [-0.15, -0.1) is 0 Å². The van der Waals surface area contributed by atoms with Crippen LogP contribution in [-0.4, -0.2) is 27.2 Å². The van der Waals surface area contributed by atoms with Gasteiger partial charge in [0.2, 0.25) is 5.91 Å². The van der Waals surface area contributed by atoms with Crippen LogP contribution in [-0.2, 0) is 11.2 Å². The van der Waals surface area contributed by atoms with Crippen molar-refractivity contribution in [2.75, 3.05) is 6.54 Å². The van der Waals surface area contributed by atoms with E-state index in [2.05, 4.69) is 21.5 Å². The van der Waals surface area contributed by atoms with Gasteiger partial charge in [0.1, 0.15) is 16.7 Å². The van der Waals surface area contributed by atoms with Crippen LogP contribution in [0.3, 0.4) is 0 Å². The number of H-pyrrole nitrogens is 1. The number of aromatic amines is 1. The molecule has 6 rings (SSSR count). The Morgan fingerprint density at radius 3 is 2.95 bits per heavy atom. The number of aryl methyl sites for hydroxylation is 2. The van der Waals surface area contributed by atoms with E-state index < -0.39 is 0 Å². The SMILES string of the molecule is Cc1onc2c1c(=O)n([C@@H]1CCC[C@H](CNC(=O)CCc3c[nH]c4ccccc34)C1)c1cccc(Cl)c21. The molecule has 190 valence electrons. The van der Waals surface area contributed by atoms with Crippen molar-refractivity contribution in [3.05, 3.63) is 75.4 Å². The van der Waals surface area contributed by atoms with Crippen LogP contribution in [0.2, 0.25) is 5.02 Å². The van der Waals surface area contributed by atoms with Gasteiger partial charge in [0.05, 0.1) is 10.5 Å². The van der Waals surface area contributed by atoms with Crippen molar-refractivity contribution < 1.29 is 9.32 Å². The van der Waals surface area contributed by atoms with Gasteiger partial charge in [-0.1, -0.05) is 47.4 Å². The first-order valence-corrected chi connectivity index (χ1v) is 13.3. The fourth-order valence-electron chi connectivity index (χ4n) is 5.95. The lowest BCUT2D eigenvalue weighted by Crippen LogP contribution is -2.34. The number of aromatic nitrogens is 3. The molecule has 7 nitrogen and oxygen atoms in total. The first kappa shape index (κ1) is 23.8. The molecule has 1 fully saturated rings. The monoisotopic (exact) mass is 516 g/mol. The average Bonchev–Trinajstić information content (AvgIpc) is 3.50. The zero-order chi connectivity index (χ0) is 25.5. The Morgan fingerprint density at radius 1 is 1.19 bits per heavy atom. The molecule has 2 aromatic carbocycles. The van der Waals surface area contributed by atoms with Gasteiger partial charge in [-0.2, -0.15) is 0 Å². The van der Waals surface area contributed by atoms with E-state index >= 15 is 0 Å². The van der Waals surface area contributed by atoms with Crippen molar-refractivity contribution in [1.82, 2.24) is 20.0 Å². The highest BCUT2D eigenvalue weighted by Crippen LogP contribution is 2.37. The minimum absolute atomic E-state index is 0.0223. The van der Waals surface area contributed by atoms with Gasteiger partial charge >= 0.3 is 0 Å². The molecule has 5 aromatic rings. The lowest BCUT2D eigenvalue weighted by molar-refractivity contribution is -0.121. The van der Waals surface area contributed by atoms with Crippen molar-refractivity contribution >= 4 is 50.2 Å². The van der Waals surface area contributed by atoms with Crippen LogP contribution in [0.15, 0.2) is 58.0 Å². The molecule has 1 amide bonds. The van der Waals surface area contributed by atoms with E-state index in [9.17, 15) is 9.59 Å². The standard InChI is InChI=1S/C29H29ClN4O3/c1-17-26-28(33-37-17)27-22(30)9-5-11-24(27)34(29(26)36)20-7-4-6-18(14-20)15-32-25(35)13-12-19-16-31-23-10-3-2-8-21(19)23/h2-3,5,8-11,16,18,20,31H,4,6-7,12-15H2,1H3,(H,32,35)/t18-,20+/m0/s1. The molecule has 3 heterocycles. The van der Waals surface area contributed by atoms with Gasteiger partial charge in [-0.05, 0) is 62.3 Å². The number of fused-ring (bicyclic) bond motifs is 4. The van der Waals surface area contributed by atoms with E-state index in [1.807, 2.05) is 47.2 Å². The Hall–Kier alpha value is -3.58. The molecule has 0 bridgehead atoms. The van der Waals surface area contributed by atoms with Crippen molar-refractivity contribution in [2.45, 2.75) is 51.5 Å². The lowest BCUT2D eigenvalue weighted by Gasteiger charge is -2.31. The Kier molecular flexibility index (Phi) is 6.24. The summed E-state index contributed by atoms with van der Waals surface area (Å²) >= 11 is 6.57. The van der Waals surface area contributed by atoms with Crippen molar-refractivity contribution in [3.63, 3.8) is 0 Å². The molecule has 0 spiro atoms. The molecule has 2 atom stereocenters. The van der Waals surface area contributed by atoms with Crippen LogP contribution in [0.4, 0.5) is 0 Å². The van der Waals surface area contributed by atoms with Gasteiger partial charge in [0.25, 0.3) is 5.56 Å². The highest BCUT2D eigenvalue weighted by molar-refractivity contribution is 6.37. The highest BCUT2D eigenvalue weighted by atomic mass is 35.5. The van der Waals surface area contributed by atoms with Crippen LogP contribution < -0.4 is 10.9 Å². The van der Waals surface area contributed by atoms with E-state index in [1.54, 1.807) is 6.92 Å². The summed E-state index contributed by atoms with van der Waals surface area (Å²) in [4.78, 5) is 29.6. The zero-order valence-corrected chi connectivity index (χ0v) is 21.5. The van der Waals surface area contributed by atoms with Crippen molar-refractivity contribution in [3.8, 4) is 0 Å². The Balaban J connectivity index is 1.17. The number of hydrogen-bond donors (Lipinski definition) is 2. The molecular formula is C29H29ClN4O3. The molecule has 3 aromatic heterocycles. The maximum Gasteiger partial charge on any atom is 0.264 e. The molecule has 37 heavy (non-hydrogen) atoms. The van der Waals surface area contributed by atoms with Crippen molar-refractivity contribution in [2.24, 2.45) is 5.92 Å². The third kappa shape index (κ3) is 4.31. The minimum atomic E-state index is -0.0862. The molecule has 0 radical (unpaired) electrons. The second-order valence-corrected chi connectivity index (χ2v) is 10.5. The van der Waals surface area contributed by atoms with Crippen LogP contribution >= 0.6 is 11.6 Å². The molecule has 1 aliphatic carbocycles. The summed E-state index contributed by atoms with van der Waals surface area (Å²) in [5, 5.41) is 10.3. The number of carbonyl (C=O) groups is 1. The topological polar surface area (TPSA) is 92.9 Å². The Labute approximate surface area is 218 Å². The smallest absolute Gasteiger partial charge is 0.264 e. The number of para-hydroxylation sites is 1. The molecule has 2 N–H and O–H groups in total. The minimum Gasteiger partial charge on any atom is -0.361 e. The van der Waals surface area contributed by atoms with E-state index in [0.29, 0.717) is 47.0 Å². The second-order valence-electron chi connectivity index (χ2n) is 10.1. The summed E-state index contributed by atoms with van der Waals surface area (Å²) in [6, 6.07) is 13.8. The number of hydrogen-bond acceptors (Lipinski definition) is 4. The molecular weight excluding hydrogens is 488 g/mol. The Morgan fingerprint density at radius 2 is 2.05 bits per heavy atom. The number of pyridine rings is 1. The van der Waals surface area contributed by atoms with E-state index in [0.717, 1.165) is 47.7 Å². The normalized spacial score (nSPS) is 18.1. The van der Waals surface area contributed by atoms with Crippen LogP contribution in [0, 0.1) is 12.8 Å². The quantitative estimate of drug-likeness (QED) is 0.286. The first-order valence-electron chi connectivity index (χ1n) is 12.9. The molecule has 8 heteroatoms. The molecule has 1 aliphatic rings. The number of nitrogens with zero attached hydrogens (tertiary/aromatic N) is 2. The maximum absolute atomic E-state index is 13.6. The molecule has 0 aliphatic heterocycles. The summed E-state index contributed by atoms with van der Waals surface area (Å²) in [7, 11) is 0. The summed E-state index contributed by atoms with van der Waals surface area (Å²) in [5.41, 5.74) is 3.47. The zero-order valence-electron chi connectivity index (χ0n) is 20.7. The molecule has 0 saturated heterocycles. The largest absolute Gasteiger partial charge is 0.361 e. The van der Waals surface area contributed by atoms with Crippen molar-refractivity contribution in [1.29, 1.82) is 0 Å². The fraction of sp³-hybridized carbons (Fsp3) is 0.345. The van der Waals surface area contributed by atoms with Gasteiger partial charge < -0.3 is 19.4 Å². The van der Waals surface area contributed by atoms with E-state index in [1.165, 1.54) is 5.39 Å². The number of carbonyl (C=O) groups excluding carboxylic acids is 1. The number of rotatable bonds is 6. The first-order chi connectivity index (χ1) is 18.0. The predicted octanol–water partition coefficient (Wildman–Crippen LogP) is 6.07. The van der Waals surface area contributed by atoms with Crippen LogP contribution in [0.25, 0.3) is 32.7 Å². The predicted molar refractivity (Wildman–Crippen MR) is 146 cm³/mol. The number of halogens is 1. The average molecular weight is 517 g/mol. The lowest BCUT2D eigenvalue weighted by atomic mass is 9.85. The van der Waals surface area contributed by atoms with Crippen LogP contribution in [0.5, 0.6) is 0 Å². The number of amides is 1.